The number of carboxylic acid groups (broad SMARTS) is 1. The summed E-state index contributed by atoms with van der Waals surface area (Å²) in [6.45, 7) is 4.10. The van der Waals surface area contributed by atoms with E-state index in [-0.39, 0.29) is 23.8 Å². The first kappa shape index (κ1) is 19.3. The Labute approximate surface area is 169 Å². The van der Waals surface area contributed by atoms with E-state index >= 15 is 0 Å². The van der Waals surface area contributed by atoms with Crippen LogP contribution in [0.15, 0.2) is 18.2 Å². The summed E-state index contributed by atoms with van der Waals surface area (Å²) in [5, 5.41) is 14.6. The number of H-pyrrole nitrogens is 1. The zero-order valence-corrected chi connectivity index (χ0v) is 16.8. The van der Waals surface area contributed by atoms with Gasteiger partial charge in [0.15, 0.2) is 0 Å². The lowest BCUT2D eigenvalue weighted by atomic mass is 9.79. The number of carboxylic acids is 1. The smallest absolute Gasteiger partial charge is 0.303 e. The fourth-order valence-corrected chi connectivity index (χ4v) is 4.94. The molecule has 1 atom stereocenters. The normalized spacial score (nSPS) is 19.6. The van der Waals surface area contributed by atoms with E-state index in [4.69, 9.17) is 16.7 Å². The number of carbonyl (C=O) groups is 2. The van der Waals surface area contributed by atoms with Gasteiger partial charge in [-0.25, -0.2) is 0 Å². The minimum Gasteiger partial charge on any atom is -0.481 e. The molecule has 150 valence electrons. The molecule has 28 heavy (non-hydrogen) atoms. The van der Waals surface area contributed by atoms with Gasteiger partial charge in [0.2, 0.25) is 5.91 Å². The van der Waals surface area contributed by atoms with Gasteiger partial charge >= 0.3 is 5.97 Å². The van der Waals surface area contributed by atoms with Crippen LogP contribution >= 0.6 is 11.6 Å². The summed E-state index contributed by atoms with van der Waals surface area (Å²) >= 11 is 6.21. The van der Waals surface area contributed by atoms with Crippen LogP contribution in [0.25, 0.3) is 10.9 Å². The van der Waals surface area contributed by atoms with Crippen LogP contribution < -0.4 is 5.32 Å². The Morgan fingerprint density at radius 2 is 2.04 bits per heavy atom. The maximum Gasteiger partial charge on any atom is 0.303 e. The van der Waals surface area contributed by atoms with Crippen LogP contribution in [0.1, 0.15) is 43.9 Å². The summed E-state index contributed by atoms with van der Waals surface area (Å²) in [4.78, 5) is 28.9. The molecule has 1 aromatic carbocycles. The number of aromatic amines is 1. The van der Waals surface area contributed by atoms with E-state index in [1.54, 1.807) is 0 Å². The average molecular weight is 404 g/mol. The molecule has 4 rings (SSSR count). The Kier molecular flexibility index (Phi) is 5.10. The minimum atomic E-state index is -0.851. The molecule has 3 N–H and O–H groups in total. The molecule has 1 saturated heterocycles. The maximum absolute atomic E-state index is 12.6. The van der Waals surface area contributed by atoms with Gasteiger partial charge in [-0.05, 0) is 48.9 Å². The molecule has 0 radical (unpaired) electrons. The molecule has 2 aromatic rings. The molecular formula is C21H26ClN3O3. The van der Waals surface area contributed by atoms with Crippen LogP contribution in [0.4, 0.5) is 0 Å². The van der Waals surface area contributed by atoms with Gasteiger partial charge in [0.1, 0.15) is 0 Å². The van der Waals surface area contributed by atoms with Gasteiger partial charge in [-0.1, -0.05) is 18.5 Å². The highest BCUT2D eigenvalue weighted by atomic mass is 35.5. The molecule has 1 amide bonds. The number of hydrogen-bond acceptors (Lipinski definition) is 3. The van der Waals surface area contributed by atoms with Gasteiger partial charge in [-0.2, -0.15) is 0 Å². The van der Waals surface area contributed by atoms with Crippen LogP contribution in [0.2, 0.25) is 5.02 Å². The zero-order valence-electron chi connectivity index (χ0n) is 16.1. The van der Waals surface area contributed by atoms with Crippen LogP contribution in [0.5, 0.6) is 0 Å². The number of amides is 1. The van der Waals surface area contributed by atoms with Crippen LogP contribution in [0, 0.1) is 5.92 Å². The number of piperidine rings is 1. The number of aromatic nitrogens is 1. The Bertz CT molecular complexity index is 915. The number of aliphatic carboxylic acids is 1. The lowest BCUT2D eigenvalue weighted by molar-refractivity contribution is -0.139. The molecule has 3 heterocycles. The molecule has 1 unspecified atom stereocenters. The first-order chi connectivity index (χ1) is 13.4. The van der Waals surface area contributed by atoms with Gasteiger partial charge in [0, 0.05) is 54.1 Å². The summed E-state index contributed by atoms with van der Waals surface area (Å²) in [5.74, 6) is -0.933. The second kappa shape index (κ2) is 7.41. The van der Waals surface area contributed by atoms with Crippen molar-refractivity contribution in [1.82, 2.24) is 15.2 Å². The maximum atomic E-state index is 12.6. The number of hydrogen-bond donors (Lipinski definition) is 3. The van der Waals surface area contributed by atoms with Crippen molar-refractivity contribution in [3.63, 3.8) is 0 Å². The number of carbonyl (C=O) groups excluding carboxylic acids is 1. The molecule has 0 saturated carbocycles. The van der Waals surface area contributed by atoms with Crippen molar-refractivity contribution in [3.05, 3.63) is 34.5 Å². The van der Waals surface area contributed by atoms with E-state index < -0.39 is 5.97 Å². The highest BCUT2D eigenvalue weighted by molar-refractivity contribution is 6.31. The summed E-state index contributed by atoms with van der Waals surface area (Å²) in [7, 11) is 0. The number of halogens is 1. The molecule has 6 nitrogen and oxygen atoms in total. The van der Waals surface area contributed by atoms with Crippen molar-refractivity contribution in [3.8, 4) is 0 Å². The van der Waals surface area contributed by atoms with E-state index in [1.807, 2.05) is 30.0 Å². The number of nitrogens with one attached hydrogen (secondary N) is 2. The first-order valence-corrected chi connectivity index (χ1v) is 10.3. The zero-order chi connectivity index (χ0) is 19.9. The van der Waals surface area contributed by atoms with Crippen molar-refractivity contribution in [2.24, 2.45) is 5.92 Å². The Morgan fingerprint density at radius 1 is 1.29 bits per heavy atom. The van der Waals surface area contributed by atoms with Gasteiger partial charge < -0.3 is 20.3 Å². The third-order valence-corrected chi connectivity index (χ3v) is 6.44. The van der Waals surface area contributed by atoms with E-state index in [9.17, 15) is 9.59 Å². The first-order valence-electron chi connectivity index (χ1n) is 9.93. The highest BCUT2D eigenvalue weighted by Crippen LogP contribution is 2.40. The Balaban J connectivity index is 1.50. The predicted molar refractivity (Wildman–Crippen MR) is 109 cm³/mol. The predicted octanol–water partition coefficient (Wildman–Crippen LogP) is 3.29. The van der Waals surface area contributed by atoms with Crippen LogP contribution in [0.3, 0.4) is 0 Å². The molecule has 1 aromatic heterocycles. The number of benzene rings is 1. The molecule has 2 aliphatic rings. The summed E-state index contributed by atoms with van der Waals surface area (Å²) in [6, 6.07) is 5.98. The highest BCUT2D eigenvalue weighted by Gasteiger charge is 2.42. The largest absolute Gasteiger partial charge is 0.481 e. The number of fused-ring (bicyclic) bond motifs is 4. The summed E-state index contributed by atoms with van der Waals surface area (Å²) in [6.07, 6.45) is 2.99. The molecule has 0 bridgehead atoms. The standard InChI is InChI=1S/C21H26ClN3O3/c1-13(11-19(27)28)10-18(26)25-8-5-21(6-9-25)20-15(4-7-23-21)16-12-14(22)2-3-17(16)24-20/h2-3,12-13,23-24H,4-11H2,1H3,(H,27,28). The quantitative estimate of drug-likeness (QED) is 0.731. The van der Waals surface area contributed by atoms with E-state index in [0.717, 1.165) is 36.3 Å². The topological polar surface area (TPSA) is 85.4 Å². The fourth-order valence-electron chi connectivity index (χ4n) is 4.77. The lowest BCUT2D eigenvalue weighted by Crippen LogP contribution is -2.55. The monoisotopic (exact) mass is 403 g/mol. The average Bonchev–Trinajstić information content (AvgIpc) is 3.01. The summed E-state index contributed by atoms with van der Waals surface area (Å²) in [5.41, 5.74) is 3.55. The molecule has 1 fully saturated rings. The molecule has 7 heteroatoms. The fraction of sp³-hybridized carbons (Fsp3) is 0.524. The molecule has 1 spiro atoms. The Hall–Kier alpha value is -2.05. The van der Waals surface area contributed by atoms with E-state index in [2.05, 4.69) is 10.3 Å². The SMILES string of the molecule is CC(CC(=O)O)CC(=O)N1CCC2(CC1)NCCc1c2[nH]c2ccc(Cl)cc12. The van der Waals surface area contributed by atoms with Crippen molar-refractivity contribution in [1.29, 1.82) is 0 Å². The van der Waals surface area contributed by atoms with Gasteiger partial charge in [-0.15, -0.1) is 0 Å². The number of nitrogens with zero attached hydrogens (tertiary/aromatic N) is 1. The van der Waals surface area contributed by atoms with Gasteiger partial charge in [0.25, 0.3) is 0 Å². The third-order valence-electron chi connectivity index (χ3n) is 6.20. The second-order valence-corrected chi connectivity index (χ2v) is 8.65. The van der Waals surface area contributed by atoms with Crippen LogP contribution in [-0.4, -0.2) is 46.5 Å². The molecule has 2 aliphatic heterocycles. The van der Waals surface area contributed by atoms with Gasteiger partial charge in [-0.3, -0.25) is 9.59 Å². The number of rotatable bonds is 4. The van der Waals surface area contributed by atoms with Crippen LogP contribution in [-0.2, 0) is 21.5 Å². The van der Waals surface area contributed by atoms with Crippen molar-refractivity contribution in [2.45, 2.75) is 44.6 Å². The Morgan fingerprint density at radius 3 is 2.75 bits per heavy atom. The molecule has 0 aliphatic carbocycles. The van der Waals surface area contributed by atoms with Crippen molar-refractivity contribution in [2.75, 3.05) is 19.6 Å². The summed E-state index contributed by atoms with van der Waals surface area (Å²) < 4.78 is 0. The van der Waals surface area contributed by atoms with E-state index in [1.165, 1.54) is 16.6 Å². The lowest BCUT2D eigenvalue weighted by Gasteiger charge is -2.45. The van der Waals surface area contributed by atoms with Gasteiger partial charge in [0.05, 0.1) is 5.54 Å². The number of likely N-dealkylation sites (tertiary alicyclic amines) is 1. The molecular weight excluding hydrogens is 378 g/mol. The third kappa shape index (κ3) is 3.51. The van der Waals surface area contributed by atoms with Crippen molar-refractivity contribution >= 4 is 34.4 Å². The van der Waals surface area contributed by atoms with E-state index in [0.29, 0.717) is 19.5 Å². The minimum absolute atomic E-state index is 0.0338. The van der Waals surface area contributed by atoms with Crippen molar-refractivity contribution < 1.29 is 14.7 Å². The second-order valence-electron chi connectivity index (χ2n) is 8.22.